The maximum absolute atomic E-state index is 13.6. The van der Waals surface area contributed by atoms with Crippen molar-refractivity contribution in [3.8, 4) is 23.7 Å². The van der Waals surface area contributed by atoms with Gasteiger partial charge in [-0.15, -0.1) is 11.3 Å². The van der Waals surface area contributed by atoms with E-state index in [1.165, 1.54) is 29.5 Å². The number of fused-ring (bicyclic) bond motifs is 1. The molecule has 2 aromatic carbocycles. The molecule has 1 saturated heterocycles. The number of ether oxygens (including phenoxy) is 1. The van der Waals surface area contributed by atoms with Crippen LogP contribution in [0.3, 0.4) is 0 Å². The Balaban J connectivity index is 1.58. The number of benzene rings is 2. The molecular formula is C30H33F3N4O3S2. The number of nitrogens with one attached hydrogen (secondary N) is 2. The molecule has 0 bridgehead atoms. The number of hydrogen-bond acceptors (Lipinski definition) is 8. The normalized spacial score (nSPS) is 14.8. The second-order valence-electron chi connectivity index (χ2n) is 10.5. The Morgan fingerprint density at radius 1 is 1.17 bits per heavy atom. The van der Waals surface area contributed by atoms with Gasteiger partial charge in [0.1, 0.15) is 11.8 Å². The number of piperidine rings is 1. The highest BCUT2D eigenvalue weighted by Gasteiger charge is 2.31. The van der Waals surface area contributed by atoms with Crippen LogP contribution in [0.1, 0.15) is 37.1 Å². The maximum atomic E-state index is 13.6. The fourth-order valence-electron chi connectivity index (χ4n) is 4.91. The lowest BCUT2D eigenvalue weighted by atomic mass is 10.0. The molecule has 0 atom stereocenters. The average Bonchev–Trinajstić information content (AvgIpc) is 3.26. The fourth-order valence-corrected chi connectivity index (χ4v) is 6.72. The molecule has 7 nitrogen and oxygen atoms in total. The van der Waals surface area contributed by atoms with E-state index in [1.54, 1.807) is 12.1 Å². The van der Waals surface area contributed by atoms with E-state index in [0.29, 0.717) is 22.0 Å². The highest BCUT2D eigenvalue weighted by molar-refractivity contribution is 7.90. The summed E-state index contributed by atoms with van der Waals surface area (Å²) in [5, 5.41) is 16.0. The summed E-state index contributed by atoms with van der Waals surface area (Å²) in [6.45, 7) is 6.06. The van der Waals surface area contributed by atoms with Gasteiger partial charge in [-0.1, -0.05) is 24.0 Å². The molecule has 0 amide bonds. The molecule has 224 valence electrons. The number of nitriles is 1. The quantitative estimate of drug-likeness (QED) is 0.282. The molecule has 4 rings (SSSR count). The Morgan fingerprint density at radius 2 is 1.90 bits per heavy atom. The molecule has 1 fully saturated rings. The molecule has 0 aliphatic carbocycles. The van der Waals surface area contributed by atoms with Gasteiger partial charge in [-0.2, -0.15) is 18.4 Å². The van der Waals surface area contributed by atoms with Gasteiger partial charge < -0.3 is 20.3 Å². The maximum Gasteiger partial charge on any atom is 0.393 e. The zero-order chi connectivity index (χ0) is 30.5. The SMILES string of the molecule is CC(C)N1CCC(Nc2cccc3c(CC(F)(F)F)c(C#CCNc4ccc(S(C)(=O)=O)cc4OCC#N)sc23)CC1. The van der Waals surface area contributed by atoms with Gasteiger partial charge in [0.25, 0.3) is 0 Å². The lowest BCUT2D eigenvalue weighted by molar-refractivity contribution is -0.126. The highest BCUT2D eigenvalue weighted by atomic mass is 32.2. The Kier molecular flexibility index (Phi) is 9.93. The van der Waals surface area contributed by atoms with Crippen LogP contribution in [0.15, 0.2) is 41.3 Å². The summed E-state index contributed by atoms with van der Waals surface area (Å²) in [7, 11) is -3.50. The van der Waals surface area contributed by atoms with Crippen LogP contribution in [0.5, 0.6) is 5.75 Å². The molecule has 1 aliphatic rings. The lowest BCUT2D eigenvalue weighted by Crippen LogP contribution is -2.42. The molecular weight excluding hydrogens is 585 g/mol. The smallest absolute Gasteiger partial charge is 0.393 e. The van der Waals surface area contributed by atoms with Gasteiger partial charge in [-0.05, 0) is 55.8 Å². The minimum Gasteiger partial charge on any atom is -0.477 e. The number of sulfone groups is 1. The van der Waals surface area contributed by atoms with Crippen molar-refractivity contribution in [2.75, 3.05) is 43.1 Å². The van der Waals surface area contributed by atoms with Gasteiger partial charge >= 0.3 is 6.18 Å². The Morgan fingerprint density at radius 3 is 2.55 bits per heavy atom. The van der Waals surface area contributed by atoms with Crippen molar-refractivity contribution in [1.29, 1.82) is 5.26 Å². The monoisotopic (exact) mass is 618 g/mol. The third kappa shape index (κ3) is 8.09. The standard InChI is InChI=1S/C30H33F3N4O3S2/c1-20(2)37-15-11-21(12-16-37)36-26-7-4-6-23-24(19-30(31,32)33)28(41-29(23)26)8-5-14-35-25-10-9-22(42(3,38)39)18-27(25)40-17-13-34/h4,6-7,9-10,18,20-21,35-36H,11-12,14-17,19H2,1-3H3. The molecule has 1 aromatic heterocycles. The number of thiophene rings is 1. The number of alkyl halides is 3. The second-order valence-corrected chi connectivity index (χ2v) is 13.5. The third-order valence-corrected chi connectivity index (χ3v) is 9.36. The van der Waals surface area contributed by atoms with Gasteiger partial charge in [-0.25, -0.2) is 8.42 Å². The molecule has 0 saturated carbocycles. The molecule has 1 aliphatic heterocycles. The van der Waals surface area contributed by atoms with Crippen molar-refractivity contribution < 1.29 is 26.3 Å². The van der Waals surface area contributed by atoms with E-state index < -0.39 is 22.4 Å². The van der Waals surface area contributed by atoms with Crippen LogP contribution in [-0.4, -0.2) is 64.1 Å². The van der Waals surface area contributed by atoms with E-state index in [1.807, 2.05) is 12.1 Å². The van der Waals surface area contributed by atoms with Crippen molar-refractivity contribution in [2.24, 2.45) is 0 Å². The predicted molar refractivity (Wildman–Crippen MR) is 161 cm³/mol. The molecule has 12 heteroatoms. The Labute approximate surface area is 248 Å². The summed E-state index contributed by atoms with van der Waals surface area (Å²) in [6, 6.07) is 12.2. The summed E-state index contributed by atoms with van der Waals surface area (Å²) < 4.78 is 70.8. The Bertz CT molecular complexity index is 1630. The van der Waals surface area contributed by atoms with Gasteiger partial charge in [0.05, 0.1) is 38.8 Å². The van der Waals surface area contributed by atoms with Crippen LogP contribution in [-0.2, 0) is 16.3 Å². The number of likely N-dealkylation sites (tertiary alicyclic amines) is 1. The first-order valence-electron chi connectivity index (χ1n) is 13.5. The van der Waals surface area contributed by atoms with Gasteiger partial charge in [0.15, 0.2) is 16.4 Å². The highest BCUT2D eigenvalue weighted by Crippen LogP contribution is 2.39. The van der Waals surface area contributed by atoms with E-state index in [4.69, 9.17) is 10.00 Å². The molecule has 3 aromatic rings. The van der Waals surface area contributed by atoms with E-state index in [0.717, 1.165) is 42.6 Å². The van der Waals surface area contributed by atoms with Gasteiger partial charge in [0, 0.05) is 37.5 Å². The second kappa shape index (κ2) is 13.2. The minimum absolute atomic E-state index is 0.0315. The molecule has 0 spiro atoms. The van der Waals surface area contributed by atoms with E-state index in [9.17, 15) is 21.6 Å². The van der Waals surface area contributed by atoms with E-state index in [-0.39, 0.29) is 35.4 Å². The van der Waals surface area contributed by atoms with Crippen LogP contribution in [0.2, 0.25) is 0 Å². The zero-order valence-electron chi connectivity index (χ0n) is 23.6. The third-order valence-electron chi connectivity index (χ3n) is 7.06. The van der Waals surface area contributed by atoms with E-state index in [2.05, 4.69) is 41.2 Å². The summed E-state index contributed by atoms with van der Waals surface area (Å²) in [6.07, 6.45) is -2.50. The molecule has 2 heterocycles. The molecule has 0 unspecified atom stereocenters. The minimum atomic E-state index is -4.40. The van der Waals surface area contributed by atoms with Gasteiger partial charge in [0.2, 0.25) is 0 Å². The summed E-state index contributed by atoms with van der Waals surface area (Å²) in [5.74, 6) is 5.99. The molecule has 42 heavy (non-hydrogen) atoms. The van der Waals surface area contributed by atoms with Crippen LogP contribution >= 0.6 is 11.3 Å². The number of nitrogens with zero attached hydrogens (tertiary/aromatic N) is 2. The zero-order valence-corrected chi connectivity index (χ0v) is 25.3. The number of halogens is 3. The van der Waals surface area contributed by atoms with Crippen LogP contribution in [0.4, 0.5) is 24.5 Å². The number of anilines is 2. The first-order chi connectivity index (χ1) is 19.9. The number of rotatable bonds is 9. The Hall–Kier alpha value is -3.45. The summed E-state index contributed by atoms with van der Waals surface area (Å²) >= 11 is 1.25. The van der Waals surface area contributed by atoms with E-state index >= 15 is 0 Å². The summed E-state index contributed by atoms with van der Waals surface area (Å²) in [4.78, 5) is 2.80. The molecule has 0 radical (unpaired) electrons. The molecule has 2 N–H and O–H groups in total. The summed E-state index contributed by atoms with van der Waals surface area (Å²) in [5.41, 5.74) is 1.39. The predicted octanol–water partition coefficient (Wildman–Crippen LogP) is 6.06. The lowest BCUT2D eigenvalue weighted by Gasteiger charge is -2.35. The van der Waals surface area contributed by atoms with Crippen LogP contribution in [0, 0.1) is 23.2 Å². The van der Waals surface area contributed by atoms with Crippen molar-refractivity contribution in [2.45, 2.75) is 56.3 Å². The average molecular weight is 619 g/mol. The van der Waals surface area contributed by atoms with Crippen molar-refractivity contribution in [3.63, 3.8) is 0 Å². The largest absolute Gasteiger partial charge is 0.477 e. The number of hydrogen-bond donors (Lipinski definition) is 2. The van der Waals surface area contributed by atoms with Crippen molar-refractivity contribution >= 4 is 42.6 Å². The topological polar surface area (TPSA) is 94.5 Å². The fraction of sp³-hybridized carbons (Fsp3) is 0.433. The first-order valence-corrected chi connectivity index (χ1v) is 16.2. The van der Waals surface area contributed by atoms with Crippen molar-refractivity contribution in [1.82, 2.24) is 4.90 Å². The van der Waals surface area contributed by atoms with Gasteiger partial charge in [-0.3, -0.25) is 0 Å². The van der Waals surface area contributed by atoms with Crippen molar-refractivity contribution in [3.05, 3.63) is 46.8 Å². The first kappa shape index (κ1) is 31.5. The van der Waals surface area contributed by atoms with Crippen LogP contribution < -0.4 is 15.4 Å². The van der Waals surface area contributed by atoms with Crippen LogP contribution in [0.25, 0.3) is 10.1 Å².